The molecule has 0 aliphatic heterocycles. The third-order valence-electron chi connectivity index (χ3n) is 2.20. The summed E-state index contributed by atoms with van der Waals surface area (Å²) in [6.45, 7) is 2.06. The Morgan fingerprint density at radius 1 is 1.46 bits per heavy atom. The lowest BCUT2D eigenvalue weighted by Gasteiger charge is -2.02. The summed E-state index contributed by atoms with van der Waals surface area (Å²) in [4.78, 5) is 0. The first-order chi connectivity index (χ1) is 6.22. The molecule has 0 saturated heterocycles. The van der Waals surface area contributed by atoms with Gasteiger partial charge in [-0.15, -0.1) is 11.3 Å². The van der Waals surface area contributed by atoms with Crippen molar-refractivity contribution in [3.05, 3.63) is 23.1 Å². The molecule has 0 amide bonds. The van der Waals surface area contributed by atoms with Gasteiger partial charge in [-0.1, -0.05) is 6.92 Å². The fourth-order valence-corrected chi connectivity index (χ4v) is 2.28. The van der Waals surface area contributed by atoms with Gasteiger partial charge in [-0.3, -0.25) is 0 Å². The van der Waals surface area contributed by atoms with Crippen LogP contribution in [0.5, 0.6) is 5.75 Å². The van der Waals surface area contributed by atoms with E-state index in [2.05, 4.69) is 6.92 Å². The molecule has 0 atom stereocenters. The van der Waals surface area contributed by atoms with Crippen LogP contribution in [0.1, 0.15) is 12.5 Å². The molecule has 0 aliphatic carbocycles. The Kier molecular flexibility index (Phi) is 1.88. The number of aromatic hydroxyl groups is 1. The van der Waals surface area contributed by atoms with E-state index in [1.54, 1.807) is 5.38 Å². The minimum absolute atomic E-state index is 0.356. The standard InChI is InChI=1S/C10H11NOS/c1-2-6-3-7-9(12)5-13-10(7)4-8(6)11/h3-5,12H,2,11H2,1H3. The maximum Gasteiger partial charge on any atom is 0.134 e. The lowest BCUT2D eigenvalue weighted by molar-refractivity contribution is 0.483. The number of nitrogen functional groups attached to an aromatic ring is 1. The van der Waals surface area contributed by atoms with Crippen molar-refractivity contribution in [1.29, 1.82) is 0 Å². The molecule has 3 N–H and O–H groups in total. The van der Waals surface area contributed by atoms with Gasteiger partial charge in [-0.05, 0) is 24.1 Å². The molecule has 13 heavy (non-hydrogen) atoms. The van der Waals surface area contributed by atoms with E-state index in [9.17, 15) is 5.11 Å². The molecular formula is C10H11NOS. The zero-order valence-electron chi connectivity index (χ0n) is 7.37. The second-order valence-corrected chi connectivity index (χ2v) is 3.93. The SMILES string of the molecule is CCc1cc2c(O)csc2cc1N. The molecule has 0 aliphatic rings. The van der Waals surface area contributed by atoms with Crippen LogP contribution in [0.15, 0.2) is 17.5 Å². The maximum absolute atomic E-state index is 9.49. The summed E-state index contributed by atoms with van der Waals surface area (Å²) in [6.07, 6.45) is 0.900. The summed E-state index contributed by atoms with van der Waals surface area (Å²) >= 11 is 1.52. The minimum Gasteiger partial charge on any atom is -0.506 e. The predicted molar refractivity (Wildman–Crippen MR) is 57.3 cm³/mol. The first-order valence-electron chi connectivity index (χ1n) is 4.21. The highest BCUT2D eigenvalue weighted by Crippen LogP contribution is 2.34. The van der Waals surface area contributed by atoms with Gasteiger partial charge in [0.1, 0.15) is 5.75 Å². The van der Waals surface area contributed by atoms with Crippen LogP contribution >= 0.6 is 11.3 Å². The number of fused-ring (bicyclic) bond motifs is 1. The van der Waals surface area contributed by atoms with Crippen molar-refractivity contribution in [2.24, 2.45) is 0 Å². The smallest absolute Gasteiger partial charge is 0.134 e. The molecule has 0 bridgehead atoms. The number of nitrogens with two attached hydrogens (primary N) is 1. The highest BCUT2D eigenvalue weighted by atomic mass is 32.1. The summed E-state index contributed by atoms with van der Waals surface area (Å²) < 4.78 is 1.05. The van der Waals surface area contributed by atoms with Crippen molar-refractivity contribution in [1.82, 2.24) is 0 Å². The molecule has 3 heteroatoms. The fourth-order valence-electron chi connectivity index (χ4n) is 1.43. The molecule has 1 aromatic heterocycles. The van der Waals surface area contributed by atoms with Crippen LogP contribution in [0, 0.1) is 0 Å². The van der Waals surface area contributed by atoms with E-state index in [0.717, 1.165) is 27.8 Å². The van der Waals surface area contributed by atoms with Crippen molar-refractivity contribution in [2.45, 2.75) is 13.3 Å². The molecule has 0 spiro atoms. The molecule has 1 aromatic carbocycles. The summed E-state index contributed by atoms with van der Waals surface area (Å²) in [5.41, 5.74) is 7.75. The van der Waals surface area contributed by atoms with E-state index < -0.39 is 0 Å². The van der Waals surface area contributed by atoms with Crippen molar-refractivity contribution in [3.8, 4) is 5.75 Å². The lowest BCUT2D eigenvalue weighted by atomic mass is 10.1. The van der Waals surface area contributed by atoms with E-state index in [1.807, 2.05) is 12.1 Å². The fraction of sp³-hybridized carbons (Fsp3) is 0.200. The Morgan fingerprint density at radius 2 is 2.23 bits per heavy atom. The zero-order chi connectivity index (χ0) is 9.42. The van der Waals surface area contributed by atoms with Gasteiger partial charge >= 0.3 is 0 Å². The van der Waals surface area contributed by atoms with Gasteiger partial charge in [0.2, 0.25) is 0 Å². The summed E-state index contributed by atoms with van der Waals surface area (Å²) in [6, 6.07) is 3.90. The normalized spacial score (nSPS) is 10.8. The van der Waals surface area contributed by atoms with E-state index in [1.165, 1.54) is 11.3 Å². The first-order valence-corrected chi connectivity index (χ1v) is 5.09. The molecule has 0 saturated carbocycles. The quantitative estimate of drug-likeness (QED) is 0.684. The largest absolute Gasteiger partial charge is 0.506 e. The average molecular weight is 193 g/mol. The Balaban J connectivity index is 2.77. The topological polar surface area (TPSA) is 46.2 Å². The van der Waals surface area contributed by atoms with Gasteiger partial charge in [0.15, 0.2) is 0 Å². The van der Waals surface area contributed by atoms with Crippen LogP contribution in [0.25, 0.3) is 10.1 Å². The predicted octanol–water partition coefficient (Wildman–Crippen LogP) is 2.75. The number of anilines is 1. The Morgan fingerprint density at radius 3 is 2.92 bits per heavy atom. The Labute approximate surface area is 80.6 Å². The number of rotatable bonds is 1. The summed E-state index contributed by atoms with van der Waals surface area (Å²) in [5, 5.41) is 12.1. The monoisotopic (exact) mass is 193 g/mol. The molecule has 68 valence electrons. The Bertz CT molecular complexity index is 447. The highest BCUT2D eigenvalue weighted by Gasteiger charge is 2.05. The molecular weight excluding hydrogens is 182 g/mol. The zero-order valence-corrected chi connectivity index (χ0v) is 8.19. The number of benzene rings is 1. The molecule has 2 nitrogen and oxygen atoms in total. The van der Waals surface area contributed by atoms with Gasteiger partial charge in [0.25, 0.3) is 0 Å². The number of thiophene rings is 1. The van der Waals surface area contributed by atoms with Crippen LogP contribution in [-0.2, 0) is 6.42 Å². The van der Waals surface area contributed by atoms with Gasteiger partial charge in [0.05, 0.1) is 0 Å². The van der Waals surface area contributed by atoms with Gasteiger partial charge in [0, 0.05) is 21.2 Å². The number of hydrogen-bond acceptors (Lipinski definition) is 3. The average Bonchev–Trinajstić information content (AvgIpc) is 2.46. The van der Waals surface area contributed by atoms with Crippen molar-refractivity contribution < 1.29 is 5.11 Å². The lowest BCUT2D eigenvalue weighted by Crippen LogP contribution is -1.91. The molecule has 0 fully saturated rings. The molecule has 2 aromatic rings. The van der Waals surface area contributed by atoms with Crippen molar-refractivity contribution >= 4 is 27.1 Å². The third kappa shape index (κ3) is 1.25. The van der Waals surface area contributed by atoms with E-state index in [0.29, 0.717) is 5.75 Å². The molecule has 2 rings (SSSR count). The Hall–Kier alpha value is -1.22. The second-order valence-electron chi connectivity index (χ2n) is 3.02. The molecule has 0 radical (unpaired) electrons. The minimum atomic E-state index is 0.356. The van der Waals surface area contributed by atoms with Crippen LogP contribution in [0.4, 0.5) is 5.69 Å². The highest BCUT2D eigenvalue weighted by molar-refractivity contribution is 7.17. The first kappa shape index (κ1) is 8.38. The van der Waals surface area contributed by atoms with Gasteiger partial charge in [-0.25, -0.2) is 0 Å². The van der Waals surface area contributed by atoms with Crippen molar-refractivity contribution in [2.75, 3.05) is 5.73 Å². The molecule has 1 heterocycles. The van der Waals surface area contributed by atoms with Crippen LogP contribution in [0.3, 0.4) is 0 Å². The molecule has 0 unspecified atom stereocenters. The number of aryl methyl sites for hydroxylation is 1. The van der Waals surface area contributed by atoms with Crippen LogP contribution < -0.4 is 5.73 Å². The maximum atomic E-state index is 9.49. The van der Waals surface area contributed by atoms with E-state index in [4.69, 9.17) is 5.73 Å². The van der Waals surface area contributed by atoms with E-state index in [-0.39, 0.29) is 0 Å². The van der Waals surface area contributed by atoms with Crippen molar-refractivity contribution in [3.63, 3.8) is 0 Å². The van der Waals surface area contributed by atoms with E-state index >= 15 is 0 Å². The van der Waals surface area contributed by atoms with Crippen LogP contribution in [-0.4, -0.2) is 5.11 Å². The van der Waals surface area contributed by atoms with Crippen LogP contribution in [0.2, 0.25) is 0 Å². The van der Waals surface area contributed by atoms with Gasteiger partial charge < -0.3 is 10.8 Å². The summed E-state index contributed by atoms with van der Waals surface area (Å²) in [5.74, 6) is 0.356. The number of hydrogen-bond donors (Lipinski definition) is 2. The second kappa shape index (κ2) is 2.92. The summed E-state index contributed by atoms with van der Waals surface area (Å²) in [7, 11) is 0. The van der Waals surface area contributed by atoms with Gasteiger partial charge in [-0.2, -0.15) is 0 Å². The third-order valence-corrected chi connectivity index (χ3v) is 3.13.